The topological polar surface area (TPSA) is 73.8 Å². The molecule has 29 heavy (non-hydrogen) atoms. The van der Waals surface area contributed by atoms with Crippen molar-refractivity contribution in [3.63, 3.8) is 0 Å². The number of hydrogen-bond acceptors (Lipinski definition) is 6. The number of hydrogen-bond donors (Lipinski definition) is 1. The van der Waals surface area contributed by atoms with Crippen LogP contribution in [0.15, 0.2) is 57.9 Å². The van der Waals surface area contributed by atoms with Gasteiger partial charge in [-0.15, -0.1) is 23.1 Å². The molecule has 146 valence electrons. The number of thioether (sulfide) groups is 1. The Morgan fingerprint density at radius 1 is 1.24 bits per heavy atom. The zero-order valence-corrected chi connectivity index (χ0v) is 17.6. The molecule has 5 nitrogen and oxygen atoms in total. The number of nitrogen functional groups attached to an aromatic ring is 1. The summed E-state index contributed by atoms with van der Waals surface area (Å²) in [6, 6.07) is 9.53. The van der Waals surface area contributed by atoms with Crippen molar-refractivity contribution in [3.8, 4) is 22.4 Å². The monoisotopic (exact) mass is 420 g/mol. The van der Waals surface area contributed by atoms with Gasteiger partial charge in [-0.3, -0.25) is 9.78 Å². The van der Waals surface area contributed by atoms with Gasteiger partial charge in [-0.05, 0) is 36.6 Å². The first kappa shape index (κ1) is 18.4. The van der Waals surface area contributed by atoms with Crippen molar-refractivity contribution in [1.82, 2.24) is 14.5 Å². The maximum absolute atomic E-state index is 12.2. The van der Waals surface area contributed by atoms with E-state index in [1.807, 2.05) is 42.2 Å². The van der Waals surface area contributed by atoms with Gasteiger partial charge in [-0.2, -0.15) is 0 Å². The standard InChI is InChI=1S/C22H20N4OS2/c1-26-9-7-13(10-18(26)27)17-11-16(14-4-3-8-24-12-14)19-20(23)22(29-21(19)25-17)28-15-5-2-6-15/h3-4,7-12,15H,2,5-6,23H2,1H3. The van der Waals surface area contributed by atoms with Gasteiger partial charge in [0.15, 0.2) is 0 Å². The number of aryl methyl sites for hydroxylation is 1. The molecule has 0 spiro atoms. The summed E-state index contributed by atoms with van der Waals surface area (Å²) in [5.74, 6) is 0. The Morgan fingerprint density at radius 2 is 2.10 bits per heavy atom. The molecule has 4 aromatic rings. The Kier molecular flexibility index (Phi) is 4.64. The van der Waals surface area contributed by atoms with Gasteiger partial charge in [0.2, 0.25) is 0 Å². The third-order valence-electron chi connectivity index (χ3n) is 5.36. The maximum Gasteiger partial charge on any atom is 0.250 e. The molecule has 0 aliphatic heterocycles. The number of anilines is 1. The lowest BCUT2D eigenvalue weighted by molar-refractivity contribution is 0.522. The fraction of sp³-hybridized carbons (Fsp3) is 0.227. The van der Waals surface area contributed by atoms with E-state index in [1.54, 1.807) is 41.4 Å². The van der Waals surface area contributed by atoms with Crippen molar-refractivity contribution in [1.29, 1.82) is 0 Å². The van der Waals surface area contributed by atoms with E-state index in [9.17, 15) is 4.79 Å². The average Bonchev–Trinajstić information content (AvgIpc) is 3.02. The smallest absolute Gasteiger partial charge is 0.250 e. The minimum absolute atomic E-state index is 0.0563. The predicted molar refractivity (Wildman–Crippen MR) is 121 cm³/mol. The highest BCUT2D eigenvalue weighted by Crippen LogP contribution is 2.48. The first-order valence-electron chi connectivity index (χ1n) is 9.57. The van der Waals surface area contributed by atoms with Crippen LogP contribution >= 0.6 is 23.1 Å². The van der Waals surface area contributed by atoms with Crippen LogP contribution in [0.2, 0.25) is 0 Å². The van der Waals surface area contributed by atoms with Gasteiger partial charge in [0, 0.05) is 53.5 Å². The fourth-order valence-corrected chi connectivity index (χ4v) is 6.23. The van der Waals surface area contributed by atoms with Gasteiger partial charge in [0.1, 0.15) is 4.83 Å². The summed E-state index contributed by atoms with van der Waals surface area (Å²) < 4.78 is 2.70. The van der Waals surface area contributed by atoms with Crippen LogP contribution in [0.3, 0.4) is 0 Å². The lowest BCUT2D eigenvalue weighted by Crippen LogP contribution is -2.14. The zero-order valence-electron chi connectivity index (χ0n) is 16.0. The molecule has 1 fully saturated rings. The van der Waals surface area contributed by atoms with Crippen molar-refractivity contribution >= 4 is 39.0 Å². The molecule has 1 aliphatic rings. The number of thiophene rings is 1. The van der Waals surface area contributed by atoms with Crippen LogP contribution in [-0.2, 0) is 7.05 Å². The lowest BCUT2D eigenvalue weighted by atomic mass is 10.00. The van der Waals surface area contributed by atoms with Crippen molar-refractivity contribution in [2.75, 3.05) is 5.73 Å². The molecule has 1 saturated carbocycles. The van der Waals surface area contributed by atoms with Crippen LogP contribution in [-0.4, -0.2) is 19.8 Å². The highest BCUT2D eigenvalue weighted by atomic mass is 32.2. The molecule has 0 unspecified atom stereocenters. The second-order valence-corrected chi connectivity index (χ2v) is 9.88. The molecular weight excluding hydrogens is 400 g/mol. The van der Waals surface area contributed by atoms with Crippen LogP contribution in [0.5, 0.6) is 0 Å². The number of fused-ring (bicyclic) bond motifs is 1. The normalized spacial score (nSPS) is 14.2. The molecule has 1 aliphatic carbocycles. The Morgan fingerprint density at radius 3 is 2.79 bits per heavy atom. The fourth-order valence-electron chi connectivity index (χ4n) is 3.43. The minimum Gasteiger partial charge on any atom is -0.397 e. The van der Waals surface area contributed by atoms with Crippen LogP contribution in [0, 0.1) is 0 Å². The van der Waals surface area contributed by atoms with Gasteiger partial charge in [-0.25, -0.2) is 4.98 Å². The molecule has 0 radical (unpaired) electrons. The highest BCUT2D eigenvalue weighted by molar-refractivity contribution is 8.02. The second kappa shape index (κ2) is 7.31. The number of rotatable bonds is 4. The van der Waals surface area contributed by atoms with E-state index in [4.69, 9.17) is 10.7 Å². The zero-order chi connectivity index (χ0) is 20.0. The summed E-state index contributed by atoms with van der Waals surface area (Å²) in [5.41, 5.74) is 10.9. The first-order chi connectivity index (χ1) is 14.1. The quantitative estimate of drug-likeness (QED) is 0.506. The number of aromatic nitrogens is 3. The lowest BCUT2D eigenvalue weighted by Gasteiger charge is -2.23. The summed E-state index contributed by atoms with van der Waals surface area (Å²) in [7, 11) is 1.74. The summed E-state index contributed by atoms with van der Waals surface area (Å²) in [6.45, 7) is 0. The Labute approximate surface area is 176 Å². The first-order valence-corrected chi connectivity index (χ1v) is 11.3. The van der Waals surface area contributed by atoms with Crippen molar-refractivity contribution < 1.29 is 0 Å². The predicted octanol–water partition coefficient (Wildman–Crippen LogP) is 4.95. The van der Waals surface area contributed by atoms with Gasteiger partial charge in [-0.1, -0.05) is 12.5 Å². The third-order valence-corrected chi connectivity index (χ3v) is 8.03. The van der Waals surface area contributed by atoms with Crippen molar-refractivity contribution in [3.05, 3.63) is 59.3 Å². The Balaban J connectivity index is 1.73. The minimum atomic E-state index is -0.0563. The summed E-state index contributed by atoms with van der Waals surface area (Å²) in [5, 5.41) is 1.64. The maximum atomic E-state index is 12.2. The average molecular weight is 421 g/mol. The molecule has 5 rings (SSSR count). The van der Waals surface area contributed by atoms with Gasteiger partial charge < -0.3 is 10.3 Å². The molecule has 7 heteroatoms. The Bertz CT molecular complexity index is 1260. The van der Waals surface area contributed by atoms with E-state index < -0.39 is 0 Å². The molecule has 4 aromatic heterocycles. The molecule has 0 aromatic carbocycles. The third kappa shape index (κ3) is 3.34. The number of nitrogens with two attached hydrogens (primary N) is 1. The van der Waals surface area contributed by atoms with E-state index in [1.165, 1.54) is 19.3 Å². The van der Waals surface area contributed by atoms with E-state index in [0.29, 0.717) is 5.25 Å². The molecule has 0 saturated heterocycles. The van der Waals surface area contributed by atoms with Gasteiger partial charge >= 0.3 is 0 Å². The van der Waals surface area contributed by atoms with Crippen molar-refractivity contribution in [2.45, 2.75) is 28.7 Å². The van der Waals surface area contributed by atoms with Gasteiger partial charge in [0.25, 0.3) is 5.56 Å². The van der Waals surface area contributed by atoms with E-state index >= 15 is 0 Å². The number of nitrogens with zero attached hydrogens (tertiary/aromatic N) is 3. The molecule has 0 bridgehead atoms. The van der Waals surface area contributed by atoms with Gasteiger partial charge in [0.05, 0.1) is 15.6 Å². The number of pyridine rings is 3. The largest absolute Gasteiger partial charge is 0.397 e. The van der Waals surface area contributed by atoms with Crippen LogP contribution in [0.1, 0.15) is 19.3 Å². The second-order valence-electron chi connectivity index (χ2n) is 7.32. The summed E-state index contributed by atoms with van der Waals surface area (Å²) in [6.07, 6.45) is 9.18. The highest BCUT2D eigenvalue weighted by Gasteiger charge is 2.24. The van der Waals surface area contributed by atoms with Crippen LogP contribution < -0.4 is 11.3 Å². The van der Waals surface area contributed by atoms with E-state index in [-0.39, 0.29) is 5.56 Å². The SMILES string of the molecule is Cn1ccc(-c2cc(-c3cccnc3)c3c(N)c(SC4CCC4)sc3n2)cc1=O. The molecule has 0 atom stereocenters. The molecule has 4 heterocycles. The van der Waals surface area contributed by atoms with Crippen LogP contribution in [0.4, 0.5) is 5.69 Å². The molecule has 0 amide bonds. The van der Waals surface area contributed by atoms with Crippen LogP contribution in [0.25, 0.3) is 32.6 Å². The molecule has 2 N–H and O–H groups in total. The van der Waals surface area contributed by atoms with Crippen molar-refractivity contribution in [2.24, 2.45) is 7.05 Å². The summed E-state index contributed by atoms with van der Waals surface area (Å²) >= 11 is 3.53. The molecular formula is C22H20N4OS2. The Hall–Kier alpha value is -2.64. The summed E-state index contributed by atoms with van der Waals surface area (Å²) in [4.78, 5) is 22.2. The van der Waals surface area contributed by atoms with E-state index in [2.05, 4.69) is 4.98 Å². The van der Waals surface area contributed by atoms with E-state index in [0.717, 1.165) is 42.5 Å².